The number of aryl methyl sites for hydroxylation is 1. The highest BCUT2D eigenvalue weighted by atomic mass is 16.5. The molecule has 1 amide bonds. The molecule has 0 fully saturated rings. The van der Waals surface area contributed by atoms with Crippen LogP contribution in [0.25, 0.3) is 0 Å². The Bertz CT molecular complexity index is 720. The molecule has 0 bridgehead atoms. The molecule has 6 nitrogen and oxygen atoms in total. The number of aliphatic hydroxyl groups excluding tert-OH is 1. The summed E-state index contributed by atoms with van der Waals surface area (Å²) < 4.78 is 5.23. The highest BCUT2D eigenvalue weighted by Crippen LogP contribution is 2.21. The molecule has 2 aromatic rings. The summed E-state index contributed by atoms with van der Waals surface area (Å²) in [6.45, 7) is 11.1. The molecule has 1 aromatic heterocycles. The van der Waals surface area contributed by atoms with Crippen LogP contribution in [0.15, 0.2) is 34.9 Å². The number of hydrogen-bond donors (Lipinski definition) is 1. The van der Waals surface area contributed by atoms with Gasteiger partial charge in [-0.1, -0.05) is 70.1 Å². The van der Waals surface area contributed by atoms with Gasteiger partial charge in [0.2, 0.25) is 11.8 Å². The fourth-order valence-electron chi connectivity index (χ4n) is 2.79. The molecule has 1 atom stereocenters. The Morgan fingerprint density at radius 3 is 2.44 bits per heavy atom. The Balaban J connectivity index is 2.02. The number of carbonyl (C=O) groups excluding carboxylic acids is 1. The molecule has 0 spiro atoms. The molecule has 1 N–H and O–H groups in total. The third-order valence-electron chi connectivity index (χ3n) is 4.15. The molecule has 6 heteroatoms. The van der Waals surface area contributed by atoms with E-state index in [1.54, 1.807) is 4.90 Å². The Morgan fingerprint density at radius 2 is 1.89 bits per heavy atom. The van der Waals surface area contributed by atoms with Gasteiger partial charge in [-0.05, 0) is 11.0 Å². The van der Waals surface area contributed by atoms with E-state index in [-0.39, 0.29) is 30.2 Å². The summed E-state index contributed by atoms with van der Waals surface area (Å²) in [7, 11) is 0. The zero-order chi connectivity index (χ0) is 20.0. The Labute approximate surface area is 161 Å². The number of aliphatic hydroxyl groups is 1. The summed E-state index contributed by atoms with van der Waals surface area (Å²) in [4.78, 5) is 18.9. The van der Waals surface area contributed by atoms with Crippen molar-refractivity contribution in [1.29, 1.82) is 0 Å². The average Bonchev–Trinajstić information content (AvgIpc) is 3.08. The molecule has 2 rings (SSSR count). The van der Waals surface area contributed by atoms with Crippen LogP contribution in [-0.2, 0) is 11.2 Å². The fourth-order valence-corrected chi connectivity index (χ4v) is 2.79. The zero-order valence-electron chi connectivity index (χ0n) is 17.0. The van der Waals surface area contributed by atoms with E-state index in [1.807, 2.05) is 44.2 Å². The van der Waals surface area contributed by atoms with Crippen molar-refractivity contribution >= 4 is 5.91 Å². The topological polar surface area (TPSA) is 79.5 Å². The number of aromatic nitrogens is 2. The predicted octanol–water partition coefficient (Wildman–Crippen LogP) is 3.73. The minimum Gasteiger partial charge on any atom is -0.387 e. The van der Waals surface area contributed by atoms with Gasteiger partial charge in [-0.3, -0.25) is 4.79 Å². The van der Waals surface area contributed by atoms with Crippen molar-refractivity contribution in [1.82, 2.24) is 15.0 Å². The number of hydrogen-bond acceptors (Lipinski definition) is 5. The summed E-state index contributed by atoms with van der Waals surface area (Å²) in [5.74, 6) is 1.30. The van der Waals surface area contributed by atoms with Crippen molar-refractivity contribution in [2.24, 2.45) is 5.41 Å². The Hall–Kier alpha value is -2.21. The first kappa shape index (κ1) is 21.1. The van der Waals surface area contributed by atoms with Crippen LogP contribution in [0.1, 0.15) is 70.3 Å². The minimum atomic E-state index is -0.714. The van der Waals surface area contributed by atoms with Crippen LogP contribution in [0.5, 0.6) is 0 Å². The lowest BCUT2D eigenvalue weighted by Gasteiger charge is -2.31. The van der Waals surface area contributed by atoms with Crippen molar-refractivity contribution in [2.75, 3.05) is 13.1 Å². The van der Waals surface area contributed by atoms with E-state index < -0.39 is 6.10 Å². The first-order chi connectivity index (χ1) is 12.7. The molecule has 1 heterocycles. The summed E-state index contributed by atoms with van der Waals surface area (Å²) >= 11 is 0. The third kappa shape index (κ3) is 6.79. The highest BCUT2D eigenvalue weighted by Gasteiger charge is 2.24. The number of carbonyl (C=O) groups is 1. The van der Waals surface area contributed by atoms with E-state index >= 15 is 0 Å². The molecule has 27 heavy (non-hydrogen) atoms. The molecule has 1 unspecified atom stereocenters. The van der Waals surface area contributed by atoms with Crippen molar-refractivity contribution in [3.8, 4) is 0 Å². The number of amides is 1. The summed E-state index contributed by atoms with van der Waals surface area (Å²) in [6.07, 6.45) is -0.0359. The lowest BCUT2D eigenvalue weighted by Crippen LogP contribution is -2.40. The number of nitrogens with zero attached hydrogens (tertiary/aromatic N) is 3. The minimum absolute atomic E-state index is 0.0239. The van der Waals surface area contributed by atoms with E-state index in [9.17, 15) is 9.90 Å². The molecule has 0 saturated carbocycles. The molecule has 148 valence electrons. The second-order valence-corrected chi connectivity index (χ2v) is 8.46. The van der Waals surface area contributed by atoms with Gasteiger partial charge in [0.1, 0.15) is 0 Å². The van der Waals surface area contributed by atoms with Gasteiger partial charge >= 0.3 is 0 Å². The maximum Gasteiger partial charge on any atom is 0.227 e. The monoisotopic (exact) mass is 373 g/mol. The van der Waals surface area contributed by atoms with E-state index in [0.717, 1.165) is 5.56 Å². The highest BCUT2D eigenvalue weighted by molar-refractivity contribution is 5.76. The Morgan fingerprint density at radius 1 is 1.22 bits per heavy atom. The SMILES string of the molecule is CC(C)c1noc(CCC(=O)N(CC(O)c2ccccc2)CC(C)(C)C)n1. The maximum atomic E-state index is 12.8. The summed E-state index contributed by atoms with van der Waals surface area (Å²) in [5.41, 5.74) is 0.740. The van der Waals surface area contributed by atoms with Gasteiger partial charge in [0.05, 0.1) is 12.6 Å². The van der Waals surface area contributed by atoms with Gasteiger partial charge in [-0.15, -0.1) is 0 Å². The van der Waals surface area contributed by atoms with Crippen LogP contribution < -0.4 is 0 Å². The molecular weight excluding hydrogens is 342 g/mol. The number of benzene rings is 1. The van der Waals surface area contributed by atoms with Crippen molar-refractivity contribution in [3.05, 3.63) is 47.6 Å². The normalized spacial score (nSPS) is 13.0. The largest absolute Gasteiger partial charge is 0.387 e. The van der Waals surface area contributed by atoms with Gasteiger partial charge in [0.15, 0.2) is 5.82 Å². The zero-order valence-corrected chi connectivity index (χ0v) is 17.0. The summed E-state index contributed by atoms with van der Waals surface area (Å²) in [5, 5.41) is 14.5. The number of rotatable bonds is 8. The lowest BCUT2D eigenvalue weighted by atomic mass is 9.95. The second kappa shape index (κ2) is 9.13. The third-order valence-corrected chi connectivity index (χ3v) is 4.15. The molecule has 0 saturated heterocycles. The predicted molar refractivity (Wildman–Crippen MR) is 104 cm³/mol. The standard InChI is InChI=1S/C21H31N3O3/c1-15(2)20-22-18(27-23-20)11-12-19(26)24(14-21(3,4)5)13-17(25)16-9-7-6-8-10-16/h6-10,15,17,25H,11-14H2,1-5H3. The lowest BCUT2D eigenvalue weighted by molar-refractivity contribution is -0.134. The maximum absolute atomic E-state index is 12.8. The van der Waals surface area contributed by atoms with E-state index in [1.165, 1.54) is 0 Å². The van der Waals surface area contributed by atoms with E-state index in [0.29, 0.717) is 24.7 Å². The Kier molecular flexibility index (Phi) is 7.13. The van der Waals surface area contributed by atoms with Crippen molar-refractivity contribution in [2.45, 2.75) is 59.5 Å². The smallest absolute Gasteiger partial charge is 0.227 e. The first-order valence-electron chi connectivity index (χ1n) is 9.49. The fraction of sp³-hybridized carbons (Fsp3) is 0.571. The van der Waals surface area contributed by atoms with Crippen molar-refractivity contribution < 1.29 is 14.4 Å². The van der Waals surface area contributed by atoms with Crippen LogP contribution in [0.2, 0.25) is 0 Å². The average molecular weight is 373 g/mol. The molecule has 0 aliphatic carbocycles. The molecular formula is C21H31N3O3. The van der Waals surface area contributed by atoms with Crippen molar-refractivity contribution in [3.63, 3.8) is 0 Å². The molecule has 0 aliphatic rings. The van der Waals surface area contributed by atoms with Crippen LogP contribution in [-0.4, -0.2) is 39.1 Å². The summed E-state index contributed by atoms with van der Waals surface area (Å²) in [6, 6.07) is 9.42. The molecule has 0 radical (unpaired) electrons. The van der Waals surface area contributed by atoms with Crippen LogP contribution in [0.4, 0.5) is 0 Å². The van der Waals surface area contributed by atoms with Gasteiger partial charge < -0.3 is 14.5 Å². The van der Waals surface area contributed by atoms with E-state index in [4.69, 9.17) is 4.52 Å². The molecule has 0 aliphatic heterocycles. The first-order valence-corrected chi connectivity index (χ1v) is 9.49. The van der Waals surface area contributed by atoms with E-state index in [2.05, 4.69) is 30.9 Å². The van der Waals surface area contributed by atoms with Crippen LogP contribution >= 0.6 is 0 Å². The quantitative estimate of drug-likeness (QED) is 0.762. The van der Waals surface area contributed by atoms with Crippen LogP contribution in [0, 0.1) is 5.41 Å². The van der Waals surface area contributed by atoms with Crippen LogP contribution in [0.3, 0.4) is 0 Å². The second-order valence-electron chi connectivity index (χ2n) is 8.46. The van der Waals surface area contributed by atoms with Gasteiger partial charge in [-0.25, -0.2) is 0 Å². The van der Waals surface area contributed by atoms with Gasteiger partial charge in [-0.2, -0.15) is 4.98 Å². The molecule has 1 aromatic carbocycles. The van der Waals surface area contributed by atoms with Gasteiger partial charge in [0.25, 0.3) is 0 Å². The van der Waals surface area contributed by atoms with Gasteiger partial charge in [0, 0.05) is 25.3 Å².